The first-order chi connectivity index (χ1) is 17.9. The van der Waals surface area contributed by atoms with E-state index in [-0.39, 0.29) is 11.7 Å². The van der Waals surface area contributed by atoms with Crippen molar-refractivity contribution in [1.82, 2.24) is 4.90 Å². The Morgan fingerprint density at radius 1 is 0.865 bits per heavy atom. The van der Waals surface area contributed by atoms with E-state index in [0.717, 1.165) is 11.1 Å². The monoisotopic (exact) mass is 514 g/mol. The van der Waals surface area contributed by atoms with Crippen LogP contribution in [0, 0.1) is 11.8 Å². The number of ketones is 1. The Bertz CT molecular complexity index is 1470. The van der Waals surface area contributed by atoms with Crippen LogP contribution in [0.25, 0.3) is 6.08 Å². The van der Waals surface area contributed by atoms with Crippen LogP contribution in [-0.4, -0.2) is 42.8 Å². The Balaban J connectivity index is 1.48. The molecule has 3 heterocycles. The molecule has 0 radical (unpaired) electrons. The fourth-order valence-corrected chi connectivity index (χ4v) is 5.99. The van der Waals surface area contributed by atoms with E-state index >= 15 is 0 Å². The zero-order valence-electron chi connectivity index (χ0n) is 20.1. The maximum absolute atomic E-state index is 14.1. The highest BCUT2D eigenvalue weighted by Gasteiger charge is 2.64. The molecule has 0 saturated carbocycles. The molecule has 0 aromatic heterocycles. The van der Waals surface area contributed by atoms with Gasteiger partial charge in [0.1, 0.15) is 6.04 Å². The maximum Gasteiger partial charge on any atom is 0.240 e. The number of carbonyl (C=O) groups excluding carboxylic acids is 3. The van der Waals surface area contributed by atoms with Gasteiger partial charge in [-0.2, -0.15) is 0 Å². The van der Waals surface area contributed by atoms with Crippen LogP contribution in [0.4, 0.5) is 5.69 Å². The van der Waals surface area contributed by atoms with Gasteiger partial charge in [0.2, 0.25) is 11.8 Å². The average Bonchev–Trinajstić information content (AvgIpc) is 3.40. The number of anilines is 1. The lowest BCUT2D eigenvalue weighted by Gasteiger charge is -2.35. The topological polar surface area (TPSA) is 76.2 Å². The van der Waals surface area contributed by atoms with E-state index in [4.69, 9.17) is 21.1 Å². The fraction of sp³-hybridized carbons (Fsp3) is 0.207. The van der Waals surface area contributed by atoms with Crippen LogP contribution in [0.1, 0.15) is 27.5 Å². The fourth-order valence-electron chi connectivity index (χ4n) is 5.86. The van der Waals surface area contributed by atoms with Gasteiger partial charge in [-0.1, -0.05) is 35.9 Å². The molecule has 7 nitrogen and oxygen atoms in total. The van der Waals surface area contributed by atoms with Crippen LogP contribution in [0.15, 0.2) is 72.9 Å². The van der Waals surface area contributed by atoms with Crippen molar-refractivity contribution in [2.75, 3.05) is 19.1 Å². The highest BCUT2D eigenvalue weighted by Crippen LogP contribution is 2.53. The number of imide groups is 1. The predicted molar refractivity (Wildman–Crippen MR) is 139 cm³/mol. The number of amides is 2. The lowest BCUT2D eigenvalue weighted by Crippen LogP contribution is -2.44. The Morgan fingerprint density at radius 3 is 2.30 bits per heavy atom. The van der Waals surface area contributed by atoms with E-state index in [2.05, 4.69) is 0 Å². The zero-order chi connectivity index (χ0) is 25.8. The van der Waals surface area contributed by atoms with Crippen molar-refractivity contribution >= 4 is 41.0 Å². The van der Waals surface area contributed by atoms with Gasteiger partial charge >= 0.3 is 0 Å². The molecule has 2 amide bonds. The van der Waals surface area contributed by atoms with Gasteiger partial charge in [-0.15, -0.1) is 0 Å². The van der Waals surface area contributed by atoms with Gasteiger partial charge in [-0.05, 0) is 59.7 Å². The quantitative estimate of drug-likeness (QED) is 0.361. The molecule has 0 spiro atoms. The number of nitrogens with zero attached hydrogens (tertiary/aromatic N) is 2. The number of hydrogen-bond acceptors (Lipinski definition) is 6. The number of fused-ring (bicyclic) bond motifs is 5. The Morgan fingerprint density at radius 2 is 1.57 bits per heavy atom. The molecule has 2 fully saturated rings. The Labute approximate surface area is 218 Å². The van der Waals surface area contributed by atoms with Gasteiger partial charge in [0.25, 0.3) is 0 Å². The minimum absolute atomic E-state index is 0.262. The van der Waals surface area contributed by atoms with Crippen molar-refractivity contribution in [3.63, 3.8) is 0 Å². The number of carbonyl (C=O) groups is 3. The third-order valence-corrected chi connectivity index (χ3v) is 7.74. The molecule has 3 aliphatic rings. The van der Waals surface area contributed by atoms with Crippen LogP contribution in [0.3, 0.4) is 0 Å². The van der Waals surface area contributed by atoms with Gasteiger partial charge in [-0.25, -0.2) is 4.90 Å². The SMILES string of the molecule is COc1ccc(C(=O)[C@@H]2[C@@H]3C(=O)N(c4ccc(Cl)cc4)C(=O)[C@H]3[C@H]3c4ccccc4C=CN23)cc1OC. The van der Waals surface area contributed by atoms with Crippen LogP contribution in [0.2, 0.25) is 5.02 Å². The van der Waals surface area contributed by atoms with E-state index < -0.39 is 29.8 Å². The third kappa shape index (κ3) is 3.45. The van der Waals surface area contributed by atoms with Gasteiger partial charge in [0.15, 0.2) is 17.3 Å². The first-order valence-corrected chi connectivity index (χ1v) is 12.3. The number of benzene rings is 3. The van der Waals surface area contributed by atoms with Crippen molar-refractivity contribution in [3.8, 4) is 11.5 Å². The highest BCUT2D eigenvalue weighted by atomic mass is 35.5. The normalized spacial score (nSPS) is 23.5. The molecule has 2 saturated heterocycles. The molecule has 0 bridgehead atoms. The second kappa shape index (κ2) is 8.78. The first kappa shape index (κ1) is 23.3. The summed E-state index contributed by atoms with van der Waals surface area (Å²) in [4.78, 5) is 45.0. The highest BCUT2D eigenvalue weighted by molar-refractivity contribution is 6.31. The second-order valence-corrected chi connectivity index (χ2v) is 9.69. The Hall–Kier alpha value is -4.10. The van der Waals surface area contributed by atoms with Crippen LogP contribution < -0.4 is 14.4 Å². The van der Waals surface area contributed by atoms with Gasteiger partial charge in [0.05, 0.1) is 37.8 Å². The molecule has 4 atom stereocenters. The minimum atomic E-state index is -0.869. The lowest BCUT2D eigenvalue weighted by molar-refractivity contribution is -0.123. The molecule has 8 heteroatoms. The van der Waals surface area contributed by atoms with Crippen LogP contribution >= 0.6 is 11.6 Å². The van der Waals surface area contributed by atoms with Gasteiger partial charge < -0.3 is 14.4 Å². The van der Waals surface area contributed by atoms with Crippen molar-refractivity contribution in [1.29, 1.82) is 0 Å². The second-order valence-electron chi connectivity index (χ2n) is 9.26. The molecule has 3 aromatic carbocycles. The van der Waals surface area contributed by atoms with Crippen LogP contribution in [-0.2, 0) is 9.59 Å². The molecule has 186 valence electrons. The molecule has 3 aromatic rings. The molecular formula is C29H23ClN2O5. The summed E-state index contributed by atoms with van der Waals surface area (Å²) >= 11 is 6.05. The number of halogens is 1. The summed E-state index contributed by atoms with van der Waals surface area (Å²) in [5, 5.41) is 0.502. The zero-order valence-corrected chi connectivity index (χ0v) is 20.9. The molecular weight excluding hydrogens is 492 g/mol. The number of ether oxygens (including phenoxy) is 2. The Kier molecular flexibility index (Phi) is 5.53. The minimum Gasteiger partial charge on any atom is -0.493 e. The van der Waals surface area contributed by atoms with E-state index in [9.17, 15) is 14.4 Å². The third-order valence-electron chi connectivity index (χ3n) is 7.48. The number of Topliss-reactive ketones (excluding diaryl/α,β-unsaturated/α-hetero) is 1. The average molecular weight is 515 g/mol. The summed E-state index contributed by atoms with van der Waals surface area (Å²) in [6.07, 6.45) is 3.76. The number of methoxy groups -OCH3 is 2. The summed E-state index contributed by atoms with van der Waals surface area (Å²) in [5.41, 5.74) is 2.70. The van der Waals surface area contributed by atoms with Crippen molar-refractivity contribution in [2.45, 2.75) is 12.1 Å². The lowest BCUT2D eigenvalue weighted by atomic mass is 9.83. The molecule has 0 unspecified atom stereocenters. The molecule has 6 rings (SSSR count). The van der Waals surface area contributed by atoms with E-state index in [1.54, 1.807) is 42.5 Å². The summed E-state index contributed by atoms with van der Waals surface area (Å²) in [6, 6.07) is 18.0. The van der Waals surface area contributed by atoms with E-state index in [1.807, 2.05) is 41.4 Å². The first-order valence-electron chi connectivity index (χ1n) is 11.9. The maximum atomic E-state index is 14.1. The molecule has 0 aliphatic carbocycles. The summed E-state index contributed by atoms with van der Waals surface area (Å²) in [7, 11) is 3.02. The number of hydrogen-bond donors (Lipinski definition) is 0. The van der Waals surface area contributed by atoms with Gasteiger partial charge in [-0.3, -0.25) is 14.4 Å². The van der Waals surface area contributed by atoms with Crippen molar-refractivity contribution < 1.29 is 23.9 Å². The van der Waals surface area contributed by atoms with Crippen molar-refractivity contribution in [3.05, 3.63) is 94.6 Å². The number of rotatable bonds is 5. The molecule has 0 N–H and O–H groups in total. The summed E-state index contributed by atoms with van der Waals surface area (Å²) < 4.78 is 10.7. The van der Waals surface area contributed by atoms with Crippen molar-refractivity contribution in [2.24, 2.45) is 11.8 Å². The van der Waals surface area contributed by atoms with E-state index in [1.165, 1.54) is 19.1 Å². The van der Waals surface area contributed by atoms with Gasteiger partial charge in [0, 0.05) is 16.8 Å². The molecule has 3 aliphatic heterocycles. The largest absolute Gasteiger partial charge is 0.493 e. The standard InChI is InChI=1S/C29H23ClN2O5/c1-36-21-12-7-17(15-22(21)37-2)27(33)26-24-23(25-20-6-4-3-5-16(20)13-14-31(25)26)28(34)32(29(24)35)19-10-8-18(30)9-11-19/h3-15,23-26H,1-2H3/t23-,24-,25-,26+/m1/s1. The predicted octanol–water partition coefficient (Wildman–Crippen LogP) is 4.76. The summed E-state index contributed by atoms with van der Waals surface area (Å²) in [6.45, 7) is 0. The molecule has 37 heavy (non-hydrogen) atoms. The van der Waals surface area contributed by atoms with E-state index in [0.29, 0.717) is 27.8 Å². The summed E-state index contributed by atoms with van der Waals surface area (Å²) in [5.74, 6) is -1.64. The smallest absolute Gasteiger partial charge is 0.240 e. The van der Waals surface area contributed by atoms with Crippen LogP contribution in [0.5, 0.6) is 11.5 Å².